The second kappa shape index (κ2) is 7.69. The highest BCUT2D eigenvalue weighted by molar-refractivity contribution is 7.13. The largest absolute Gasteiger partial charge is 0.508 e. The zero-order chi connectivity index (χ0) is 22.3. The summed E-state index contributed by atoms with van der Waals surface area (Å²) in [5, 5.41) is 10.5. The van der Waals surface area contributed by atoms with E-state index in [9.17, 15) is 23.1 Å². The summed E-state index contributed by atoms with van der Waals surface area (Å²) in [6.07, 6.45) is -4.77. The second-order valence-electron chi connectivity index (χ2n) is 6.74. The van der Waals surface area contributed by atoms with E-state index in [1.165, 1.54) is 11.5 Å². The predicted molar refractivity (Wildman–Crippen MR) is 111 cm³/mol. The minimum atomic E-state index is -4.77. The maximum Gasteiger partial charge on any atom is 0.433 e. The maximum atomic E-state index is 13.1. The minimum absolute atomic E-state index is 0.0358. The second-order valence-corrected chi connectivity index (χ2v) is 7.55. The van der Waals surface area contributed by atoms with Crippen molar-refractivity contribution < 1.29 is 23.0 Å². The zero-order valence-corrected chi connectivity index (χ0v) is 17.2. The van der Waals surface area contributed by atoms with Crippen LogP contribution in [-0.4, -0.2) is 25.6 Å². The van der Waals surface area contributed by atoms with Crippen LogP contribution in [0, 0.1) is 6.92 Å². The van der Waals surface area contributed by atoms with Crippen molar-refractivity contribution in [2.24, 2.45) is 0 Å². The van der Waals surface area contributed by atoms with Crippen molar-refractivity contribution in [3.05, 3.63) is 64.1 Å². The van der Waals surface area contributed by atoms with Crippen LogP contribution in [0.5, 0.6) is 11.8 Å². The lowest BCUT2D eigenvalue weighted by atomic mass is 10.0. The molecule has 1 N–H and O–H groups in total. The fraction of sp³-hybridized carbons (Fsp3) is 0.190. The molecule has 0 aliphatic carbocycles. The molecule has 2 aromatic carbocycles. The molecule has 0 saturated heterocycles. The third-order valence-electron chi connectivity index (χ3n) is 4.63. The van der Waals surface area contributed by atoms with Crippen LogP contribution in [0.25, 0.3) is 27.0 Å². The molecular formula is C21H16F3N3O3S. The number of hydrogen-bond acceptors (Lipinski definition) is 6. The van der Waals surface area contributed by atoms with Gasteiger partial charge in [-0.3, -0.25) is 4.79 Å². The van der Waals surface area contributed by atoms with Gasteiger partial charge in [0.2, 0.25) is 0 Å². The maximum absolute atomic E-state index is 13.1. The Labute approximate surface area is 178 Å². The summed E-state index contributed by atoms with van der Waals surface area (Å²) in [5.41, 5.74) is 0.166. The summed E-state index contributed by atoms with van der Waals surface area (Å²) in [7, 11) is 0. The van der Waals surface area contributed by atoms with Crippen molar-refractivity contribution in [3.8, 4) is 28.7 Å². The molecule has 0 fully saturated rings. The Bertz CT molecular complexity index is 1350. The average Bonchev–Trinajstić information content (AvgIpc) is 3.12. The van der Waals surface area contributed by atoms with Crippen molar-refractivity contribution >= 4 is 21.6 Å². The average molecular weight is 447 g/mol. The number of rotatable bonds is 4. The summed E-state index contributed by atoms with van der Waals surface area (Å²) in [5.74, 6) is 0.160. The summed E-state index contributed by atoms with van der Waals surface area (Å²) < 4.78 is 50.9. The van der Waals surface area contributed by atoms with Crippen molar-refractivity contribution in [3.63, 3.8) is 0 Å². The van der Waals surface area contributed by atoms with Gasteiger partial charge in [-0.2, -0.15) is 22.5 Å². The number of aryl methyl sites for hydroxylation is 1. The molecule has 6 nitrogen and oxygen atoms in total. The van der Waals surface area contributed by atoms with Gasteiger partial charge in [-0.25, -0.2) is 4.57 Å². The Balaban J connectivity index is 1.91. The van der Waals surface area contributed by atoms with Gasteiger partial charge in [0.05, 0.1) is 22.7 Å². The first kappa shape index (κ1) is 20.9. The van der Waals surface area contributed by atoms with E-state index >= 15 is 0 Å². The molecule has 10 heteroatoms. The first-order chi connectivity index (χ1) is 14.7. The van der Waals surface area contributed by atoms with Crippen LogP contribution in [-0.2, 0) is 6.18 Å². The molecule has 0 spiro atoms. The van der Waals surface area contributed by atoms with Gasteiger partial charge in [0, 0.05) is 17.0 Å². The van der Waals surface area contributed by atoms with E-state index < -0.39 is 23.4 Å². The number of phenolic OH excluding ortho intramolecular Hbond substituents is 1. The number of hydrogen-bond donors (Lipinski definition) is 1. The Hall–Kier alpha value is -3.40. The third kappa shape index (κ3) is 3.86. The van der Waals surface area contributed by atoms with Crippen LogP contribution < -0.4 is 10.3 Å². The zero-order valence-electron chi connectivity index (χ0n) is 16.4. The molecule has 4 aromatic rings. The molecule has 4 rings (SSSR count). The molecule has 160 valence electrons. The van der Waals surface area contributed by atoms with Gasteiger partial charge in [0.1, 0.15) is 5.75 Å². The fourth-order valence-electron chi connectivity index (χ4n) is 3.15. The van der Waals surface area contributed by atoms with E-state index in [1.807, 2.05) is 0 Å². The number of benzene rings is 2. The number of aromatic hydroxyl groups is 1. The van der Waals surface area contributed by atoms with Crippen LogP contribution >= 0.6 is 11.5 Å². The molecule has 0 aliphatic heterocycles. The lowest BCUT2D eigenvalue weighted by molar-refractivity contribution is -0.141. The third-order valence-corrected chi connectivity index (χ3v) is 5.46. The monoisotopic (exact) mass is 447 g/mol. The SMILES string of the molecule is CCOc1nc(C(F)(F)F)cc(=O)n1-c1ccc2snc(-c3ccc(O)c(C)c3)c2c1. The number of phenols is 1. The van der Waals surface area contributed by atoms with Crippen molar-refractivity contribution in [2.45, 2.75) is 20.0 Å². The van der Waals surface area contributed by atoms with Crippen molar-refractivity contribution in [1.82, 2.24) is 13.9 Å². The molecule has 2 heterocycles. The van der Waals surface area contributed by atoms with Crippen LogP contribution in [0.15, 0.2) is 47.3 Å². The molecule has 0 unspecified atom stereocenters. The summed E-state index contributed by atoms with van der Waals surface area (Å²) in [6, 6.07) is 10.1. The minimum Gasteiger partial charge on any atom is -0.508 e. The first-order valence-corrected chi connectivity index (χ1v) is 10.00. The number of alkyl halides is 3. The van der Waals surface area contributed by atoms with E-state index in [-0.39, 0.29) is 12.4 Å². The highest BCUT2D eigenvalue weighted by atomic mass is 32.1. The van der Waals surface area contributed by atoms with Crippen LogP contribution in [0.2, 0.25) is 0 Å². The van der Waals surface area contributed by atoms with E-state index in [0.29, 0.717) is 28.4 Å². The highest BCUT2D eigenvalue weighted by Crippen LogP contribution is 2.35. The molecule has 0 bridgehead atoms. The fourth-order valence-corrected chi connectivity index (χ4v) is 3.92. The molecular weight excluding hydrogens is 431 g/mol. The standard InChI is InChI=1S/C21H16F3N3O3S/c1-3-30-20-25-17(21(22,23)24)10-18(29)27(20)13-5-7-16-14(9-13)19(26-31-16)12-4-6-15(28)11(2)8-12/h4-10,28H,3H2,1-2H3. The van der Waals surface area contributed by atoms with Gasteiger partial charge in [-0.15, -0.1) is 0 Å². The Kier molecular flexibility index (Phi) is 5.18. The van der Waals surface area contributed by atoms with E-state index in [4.69, 9.17) is 4.74 Å². The number of ether oxygens (including phenoxy) is 1. The summed E-state index contributed by atoms with van der Waals surface area (Å²) in [4.78, 5) is 16.1. The quantitative estimate of drug-likeness (QED) is 0.480. The smallest absolute Gasteiger partial charge is 0.433 e. The lowest BCUT2D eigenvalue weighted by Gasteiger charge is -2.14. The van der Waals surface area contributed by atoms with E-state index in [0.717, 1.165) is 14.8 Å². The first-order valence-electron chi connectivity index (χ1n) is 9.23. The van der Waals surface area contributed by atoms with Gasteiger partial charge in [0.25, 0.3) is 5.56 Å². The Morgan fingerprint density at radius 3 is 2.61 bits per heavy atom. The topological polar surface area (TPSA) is 77.2 Å². The summed E-state index contributed by atoms with van der Waals surface area (Å²) >= 11 is 1.25. The van der Waals surface area contributed by atoms with Crippen LogP contribution in [0.4, 0.5) is 13.2 Å². The predicted octanol–water partition coefficient (Wildman–Crippen LogP) is 4.94. The lowest BCUT2D eigenvalue weighted by Crippen LogP contribution is -2.25. The van der Waals surface area contributed by atoms with Gasteiger partial charge >= 0.3 is 12.2 Å². The molecule has 0 aliphatic rings. The highest BCUT2D eigenvalue weighted by Gasteiger charge is 2.34. The number of fused-ring (bicyclic) bond motifs is 1. The van der Waals surface area contributed by atoms with Crippen molar-refractivity contribution in [2.75, 3.05) is 6.61 Å². The van der Waals surface area contributed by atoms with Gasteiger partial charge in [0.15, 0.2) is 5.69 Å². The van der Waals surface area contributed by atoms with Crippen LogP contribution in [0.3, 0.4) is 0 Å². The Morgan fingerprint density at radius 2 is 1.94 bits per heavy atom. The molecule has 2 aromatic heterocycles. The van der Waals surface area contributed by atoms with Gasteiger partial charge in [-0.05, 0) is 67.3 Å². The van der Waals surface area contributed by atoms with Crippen molar-refractivity contribution in [1.29, 1.82) is 0 Å². The number of aromatic nitrogens is 3. The normalized spacial score (nSPS) is 11.8. The van der Waals surface area contributed by atoms with E-state index in [1.54, 1.807) is 50.2 Å². The van der Waals surface area contributed by atoms with Gasteiger partial charge < -0.3 is 9.84 Å². The van der Waals surface area contributed by atoms with Crippen LogP contribution in [0.1, 0.15) is 18.2 Å². The summed E-state index contributed by atoms with van der Waals surface area (Å²) in [6.45, 7) is 3.39. The molecule has 0 amide bonds. The number of nitrogens with zero attached hydrogens (tertiary/aromatic N) is 3. The molecule has 0 saturated carbocycles. The van der Waals surface area contributed by atoms with E-state index in [2.05, 4.69) is 9.36 Å². The molecule has 0 atom stereocenters. The molecule has 0 radical (unpaired) electrons. The van der Waals surface area contributed by atoms with Gasteiger partial charge in [-0.1, -0.05) is 0 Å². The molecule has 31 heavy (non-hydrogen) atoms. The number of halogens is 3. The Morgan fingerprint density at radius 1 is 1.16 bits per heavy atom.